The molecular weight excluding hydrogens is 174 g/mol. The maximum Gasteiger partial charge on any atom is 0.157 e. The number of hydrogen-bond acceptors (Lipinski definition) is 2. The van der Waals surface area contributed by atoms with Crippen LogP contribution in [0.5, 0.6) is 0 Å². The van der Waals surface area contributed by atoms with Gasteiger partial charge in [-0.1, -0.05) is 0 Å². The summed E-state index contributed by atoms with van der Waals surface area (Å²) in [5.74, 6) is 1.97. The topological polar surface area (TPSA) is 41.6 Å². The zero-order valence-corrected chi connectivity index (χ0v) is 8.25. The van der Waals surface area contributed by atoms with E-state index in [-0.39, 0.29) is 0 Å². The Kier molecular flexibility index (Phi) is 1.60. The van der Waals surface area contributed by atoms with Crippen LogP contribution in [-0.4, -0.2) is 15.0 Å². The number of rotatable bonds is 2. The minimum Gasteiger partial charge on any atom is -0.327 e. The first-order valence-electron chi connectivity index (χ1n) is 5.13. The van der Waals surface area contributed by atoms with Gasteiger partial charge in [-0.15, -0.1) is 0 Å². The lowest BCUT2D eigenvalue weighted by molar-refractivity contribution is 0.787. The zero-order chi connectivity index (χ0) is 9.54. The van der Waals surface area contributed by atoms with Crippen molar-refractivity contribution in [3.8, 4) is 0 Å². The standard InChI is InChI=1S/C11H13N3/c1-7-4-5-12-11-10(7)13-9(14-11)6-8-2-3-8/h4-5,8H,2-3,6H2,1H3,(H,12,13,14). The third kappa shape index (κ3) is 1.29. The van der Waals surface area contributed by atoms with Crippen molar-refractivity contribution in [3.05, 3.63) is 23.7 Å². The van der Waals surface area contributed by atoms with Gasteiger partial charge in [-0.3, -0.25) is 0 Å². The van der Waals surface area contributed by atoms with Gasteiger partial charge in [0, 0.05) is 12.6 Å². The second-order valence-electron chi connectivity index (χ2n) is 4.16. The summed E-state index contributed by atoms with van der Waals surface area (Å²) in [7, 11) is 0. The molecular formula is C11H13N3. The molecule has 1 aliphatic rings. The van der Waals surface area contributed by atoms with Crippen LogP contribution in [0, 0.1) is 12.8 Å². The van der Waals surface area contributed by atoms with Gasteiger partial charge in [0.25, 0.3) is 0 Å². The van der Waals surface area contributed by atoms with E-state index in [1.54, 1.807) is 0 Å². The summed E-state index contributed by atoms with van der Waals surface area (Å²) in [5, 5.41) is 0. The molecule has 0 amide bonds. The molecule has 72 valence electrons. The van der Waals surface area contributed by atoms with Crippen LogP contribution in [0.2, 0.25) is 0 Å². The number of imidazole rings is 1. The van der Waals surface area contributed by atoms with E-state index < -0.39 is 0 Å². The SMILES string of the molecule is Cc1ccnc2[nH]c(CC3CC3)nc12. The summed E-state index contributed by atoms with van der Waals surface area (Å²) in [6, 6.07) is 2.00. The van der Waals surface area contributed by atoms with Crippen molar-refractivity contribution < 1.29 is 0 Å². The Balaban J connectivity index is 2.05. The lowest BCUT2D eigenvalue weighted by Crippen LogP contribution is -1.88. The highest BCUT2D eigenvalue weighted by Crippen LogP contribution is 2.32. The molecule has 0 saturated heterocycles. The molecule has 3 nitrogen and oxygen atoms in total. The molecule has 1 N–H and O–H groups in total. The second-order valence-corrected chi connectivity index (χ2v) is 4.16. The molecule has 3 rings (SSSR count). The van der Waals surface area contributed by atoms with Crippen LogP contribution in [0.3, 0.4) is 0 Å². The minimum absolute atomic E-state index is 0.871. The highest BCUT2D eigenvalue weighted by Gasteiger charge is 2.23. The molecule has 3 heteroatoms. The molecule has 0 spiro atoms. The highest BCUT2D eigenvalue weighted by molar-refractivity contribution is 5.74. The Morgan fingerprint density at radius 2 is 2.36 bits per heavy atom. The first kappa shape index (κ1) is 7.97. The first-order valence-corrected chi connectivity index (χ1v) is 5.13. The summed E-state index contributed by atoms with van der Waals surface area (Å²) in [6.45, 7) is 2.08. The van der Waals surface area contributed by atoms with Crippen LogP contribution in [0.1, 0.15) is 24.2 Å². The largest absolute Gasteiger partial charge is 0.327 e. The van der Waals surface area contributed by atoms with Gasteiger partial charge in [-0.25, -0.2) is 9.97 Å². The van der Waals surface area contributed by atoms with E-state index in [1.165, 1.54) is 18.4 Å². The number of fused-ring (bicyclic) bond motifs is 1. The molecule has 2 heterocycles. The summed E-state index contributed by atoms with van der Waals surface area (Å²) in [5.41, 5.74) is 3.16. The van der Waals surface area contributed by atoms with Crippen molar-refractivity contribution in [2.45, 2.75) is 26.2 Å². The van der Waals surface area contributed by atoms with Crippen molar-refractivity contribution in [2.24, 2.45) is 5.92 Å². The molecule has 14 heavy (non-hydrogen) atoms. The molecule has 0 radical (unpaired) electrons. The van der Waals surface area contributed by atoms with Crippen LogP contribution < -0.4 is 0 Å². The summed E-state index contributed by atoms with van der Waals surface area (Å²) < 4.78 is 0. The van der Waals surface area contributed by atoms with Crippen molar-refractivity contribution >= 4 is 11.2 Å². The number of hydrogen-bond donors (Lipinski definition) is 1. The van der Waals surface area contributed by atoms with Gasteiger partial charge in [-0.05, 0) is 37.3 Å². The fourth-order valence-electron chi connectivity index (χ4n) is 1.77. The van der Waals surface area contributed by atoms with Crippen molar-refractivity contribution in [2.75, 3.05) is 0 Å². The fraction of sp³-hybridized carbons (Fsp3) is 0.455. The molecule has 1 fully saturated rings. The van der Waals surface area contributed by atoms with E-state index in [0.29, 0.717) is 0 Å². The Morgan fingerprint density at radius 1 is 1.50 bits per heavy atom. The van der Waals surface area contributed by atoms with Crippen LogP contribution in [0.25, 0.3) is 11.2 Å². The minimum atomic E-state index is 0.871. The van der Waals surface area contributed by atoms with Gasteiger partial charge in [0.05, 0.1) is 0 Å². The summed E-state index contributed by atoms with van der Waals surface area (Å²) >= 11 is 0. The average molecular weight is 187 g/mol. The number of aryl methyl sites for hydroxylation is 1. The van der Waals surface area contributed by atoms with E-state index in [2.05, 4.69) is 21.9 Å². The Labute approximate surface area is 82.6 Å². The third-order valence-corrected chi connectivity index (χ3v) is 2.81. The number of nitrogens with one attached hydrogen (secondary N) is 1. The van der Waals surface area contributed by atoms with Gasteiger partial charge >= 0.3 is 0 Å². The number of nitrogens with zero attached hydrogens (tertiary/aromatic N) is 2. The molecule has 1 aliphatic carbocycles. The smallest absolute Gasteiger partial charge is 0.157 e. The summed E-state index contributed by atoms with van der Waals surface area (Å²) in [6.07, 6.45) is 5.65. The molecule has 2 aromatic rings. The zero-order valence-electron chi connectivity index (χ0n) is 8.25. The Morgan fingerprint density at radius 3 is 3.07 bits per heavy atom. The van der Waals surface area contributed by atoms with Crippen LogP contribution in [0.15, 0.2) is 12.3 Å². The van der Waals surface area contributed by atoms with E-state index in [9.17, 15) is 0 Å². The molecule has 0 bridgehead atoms. The molecule has 2 aromatic heterocycles. The quantitative estimate of drug-likeness (QED) is 0.783. The maximum absolute atomic E-state index is 4.57. The van der Waals surface area contributed by atoms with E-state index in [4.69, 9.17) is 0 Å². The number of aromatic amines is 1. The molecule has 0 aromatic carbocycles. The predicted octanol–water partition coefficient (Wildman–Crippen LogP) is 2.22. The Bertz CT molecular complexity index is 468. The van der Waals surface area contributed by atoms with Crippen molar-refractivity contribution in [3.63, 3.8) is 0 Å². The van der Waals surface area contributed by atoms with Crippen LogP contribution in [0.4, 0.5) is 0 Å². The lowest BCUT2D eigenvalue weighted by atomic mass is 10.3. The monoisotopic (exact) mass is 187 g/mol. The molecule has 0 atom stereocenters. The lowest BCUT2D eigenvalue weighted by Gasteiger charge is -1.89. The average Bonchev–Trinajstić information content (AvgIpc) is 2.84. The Hall–Kier alpha value is -1.38. The molecule has 1 saturated carbocycles. The van der Waals surface area contributed by atoms with Gasteiger partial charge < -0.3 is 4.98 Å². The van der Waals surface area contributed by atoms with Gasteiger partial charge in [0.1, 0.15) is 11.3 Å². The van der Waals surface area contributed by atoms with E-state index in [1.807, 2.05) is 12.3 Å². The van der Waals surface area contributed by atoms with E-state index in [0.717, 1.165) is 29.3 Å². The van der Waals surface area contributed by atoms with Crippen molar-refractivity contribution in [1.82, 2.24) is 15.0 Å². The predicted molar refractivity (Wildman–Crippen MR) is 55.1 cm³/mol. The summed E-state index contributed by atoms with van der Waals surface area (Å²) in [4.78, 5) is 12.1. The van der Waals surface area contributed by atoms with E-state index >= 15 is 0 Å². The van der Waals surface area contributed by atoms with Gasteiger partial charge in [0.2, 0.25) is 0 Å². The second kappa shape index (κ2) is 2.80. The number of H-pyrrole nitrogens is 1. The first-order chi connectivity index (χ1) is 6.83. The molecule has 0 aliphatic heterocycles. The maximum atomic E-state index is 4.57. The van der Waals surface area contributed by atoms with Gasteiger partial charge in [-0.2, -0.15) is 0 Å². The van der Waals surface area contributed by atoms with Gasteiger partial charge in [0.15, 0.2) is 5.65 Å². The highest BCUT2D eigenvalue weighted by atomic mass is 15.0. The van der Waals surface area contributed by atoms with Crippen LogP contribution >= 0.6 is 0 Å². The third-order valence-electron chi connectivity index (χ3n) is 2.81. The van der Waals surface area contributed by atoms with Crippen LogP contribution in [-0.2, 0) is 6.42 Å². The normalized spacial score (nSPS) is 16.4. The number of aromatic nitrogens is 3. The van der Waals surface area contributed by atoms with Crippen molar-refractivity contribution in [1.29, 1.82) is 0 Å². The molecule has 0 unspecified atom stereocenters. The number of pyridine rings is 1. The fourth-order valence-corrected chi connectivity index (χ4v) is 1.77.